The number of hydrogen-bond donors (Lipinski definition) is 3. The molecule has 2 amide bonds. The van der Waals surface area contributed by atoms with Crippen molar-refractivity contribution in [1.82, 2.24) is 15.1 Å². The number of hydrazone groups is 1. The molecule has 2 aliphatic heterocycles. The Morgan fingerprint density at radius 2 is 1.62 bits per heavy atom. The van der Waals surface area contributed by atoms with Crippen LogP contribution in [0.3, 0.4) is 0 Å². The van der Waals surface area contributed by atoms with Gasteiger partial charge in [-0.15, -0.1) is 0 Å². The molecule has 5 N–H and O–H groups in total. The number of Topliss-reactive ketones (excluding diaryl/α,β-unsaturated/α-hetero) is 2. The number of carbonyl (C=O) groups is 5. The lowest BCUT2D eigenvalue weighted by Gasteiger charge is -2.33. The van der Waals surface area contributed by atoms with Gasteiger partial charge in [0.15, 0.2) is 16.6 Å². The quantitative estimate of drug-likeness (QED) is 0.0416. The maximum atomic E-state index is 14.1. The molecule has 52 heavy (non-hydrogen) atoms. The average molecular weight is 728 g/mol. The van der Waals surface area contributed by atoms with Crippen LogP contribution in [-0.4, -0.2) is 87.9 Å². The first-order chi connectivity index (χ1) is 24.8. The van der Waals surface area contributed by atoms with E-state index in [1.165, 1.54) is 0 Å². The van der Waals surface area contributed by atoms with Crippen LogP contribution in [0.4, 0.5) is 0 Å². The van der Waals surface area contributed by atoms with E-state index in [2.05, 4.69) is 17.3 Å². The fraction of sp³-hybridized carbons (Fsp3) is 0.676. The lowest BCUT2D eigenvalue weighted by Crippen LogP contribution is -2.52. The lowest BCUT2D eigenvalue weighted by molar-refractivity contribution is -0.485. The summed E-state index contributed by atoms with van der Waals surface area (Å²) in [7, 11) is 0. The summed E-state index contributed by atoms with van der Waals surface area (Å²) in [5.41, 5.74) is 12.4. The van der Waals surface area contributed by atoms with Crippen LogP contribution in [0, 0.1) is 27.9 Å². The molecule has 15 nitrogen and oxygen atoms in total. The van der Waals surface area contributed by atoms with Crippen molar-refractivity contribution in [3.63, 3.8) is 0 Å². The first-order valence-corrected chi connectivity index (χ1v) is 18.7. The highest BCUT2D eigenvalue weighted by Gasteiger charge is 2.44. The molecular weight excluding hydrogens is 670 g/mol. The van der Waals surface area contributed by atoms with Crippen molar-refractivity contribution in [3.05, 3.63) is 46.0 Å². The van der Waals surface area contributed by atoms with Crippen LogP contribution in [0.15, 0.2) is 35.4 Å². The molecule has 288 valence electrons. The van der Waals surface area contributed by atoms with Crippen LogP contribution in [0.25, 0.3) is 0 Å². The molecule has 5 unspecified atom stereocenters. The van der Waals surface area contributed by atoms with Gasteiger partial charge in [-0.05, 0) is 56.4 Å². The van der Waals surface area contributed by atoms with Gasteiger partial charge in [0.25, 0.3) is 5.96 Å². The van der Waals surface area contributed by atoms with Gasteiger partial charge in [-0.3, -0.25) is 24.0 Å². The van der Waals surface area contributed by atoms with Crippen molar-refractivity contribution in [2.45, 2.75) is 123 Å². The zero-order chi connectivity index (χ0) is 38.2. The molecule has 0 spiro atoms. The Hall–Kier alpha value is -4.40. The van der Waals surface area contributed by atoms with E-state index in [4.69, 9.17) is 16.2 Å². The van der Waals surface area contributed by atoms with Crippen molar-refractivity contribution in [3.8, 4) is 0 Å². The fourth-order valence-corrected chi connectivity index (χ4v) is 7.00. The number of likely N-dealkylation sites (tertiary alicyclic amines) is 2. The predicted molar refractivity (Wildman–Crippen MR) is 195 cm³/mol. The summed E-state index contributed by atoms with van der Waals surface area (Å²) in [5.74, 6) is -3.30. The van der Waals surface area contributed by atoms with Gasteiger partial charge in [0.2, 0.25) is 11.8 Å². The zero-order valence-corrected chi connectivity index (χ0v) is 30.9. The number of unbranched alkanes of at least 4 members (excludes halogenated alkanes) is 2. The molecule has 0 aliphatic carbocycles. The number of hydrogen-bond acceptors (Lipinski definition) is 9. The minimum absolute atomic E-state index is 0.0269. The Morgan fingerprint density at radius 3 is 2.27 bits per heavy atom. The molecule has 0 bridgehead atoms. The second kappa shape index (κ2) is 21.2. The first-order valence-electron chi connectivity index (χ1n) is 18.7. The van der Waals surface area contributed by atoms with Crippen LogP contribution >= 0.6 is 0 Å². The number of carbonyl (C=O) groups excluding carboxylic acids is 5. The Bertz CT molecular complexity index is 1410. The number of benzene rings is 1. The number of nitrogens with zero attached hydrogens (tertiary/aromatic N) is 4. The maximum Gasteiger partial charge on any atom is 0.309 e. The predicted octanol–water partition coefficient (Wildman–Crippen LogP) is 3.30. The number of nitrogens with two attached hydrogens (primary N) is 2. The molecule has 3 rings (SSSR count). The van der Waals surface area contributed by atoms with E-state index < -0.39 is 41.0 Å². The summed E-state index contributed by atoms with van der Waals surface area (Å²) in [6, 6.07) is 7.00. The van der Waals surface area contributed by atoms with Crippen LogP contribution in [0.5, 0.6) is 0 Å². The third-order valence-corrected chi connectivity index (χ3v) is 10.0. The zero-order valence-electron chi connectivity index (χ0n) is 30.9. The summed E-state index contributed by atoms with van der Waals surface area (Å²) in [4.78, 5) is 82.1. The summed E-state index contributed by atoms with van der Waals surface area (Å²) >= 11 is 0. The normalized spacial score (nSPS) is 19.3. The third kappa shape index (κ3) is 12.7. The van der Waals surface area contributed by atoms with E-state index in [1.54, 1.807) is 9.80 Å². The van der Waals surface area contributed by atoms with Crippen LogP contribution < -0.4 is 16.8 Å². The van der Waals surface area contributed by atoms with Gasteiger partial charge in [0, 0.05) is 38.4 Å². The number of amides is 2. The van der Waals surface area contributed by atoms with Gasteiger partial charge >= 0.3 is 5.97 Å². The second-order valence-corrected chi connectivity index (χ2v) is 14.3. The van der Waals surface area contributed by atoms with Crippen molar-refractivity contribution < 1.29 is 33.7 Å². The molecule has 2 aliphatic rings. The number of rotatable bonds is 21. The molecule has 2 saturated heterocycles. The Labute approximate surface area is 306 Å². The van der Waals surface area contributed by atoms with Gasteiger partial charge in [0.05, 0.1) is 18.0 Å². The van der Waals surface area contributed by atoms with E-state index >= 15 is 0 Å². The number of nitro groups is 1. The van der Waals surface area contributed by atoms with Crippen LogP contribution in [0.1, 0.15) is 103 Å². The molecule has 0 aromatic heterocycles. The molecule has 0 radical (unpaired) electrons. The second-order valence-electron chi connectivity index (χ2n) is 14.3. The topological polar surface area (TPSA) is 221 Å². The van der Waals surface area contributed by atoms with E-state index in [0.717, 1.165) is 24.8 Å². The number of ketones is 2. The summed E-state index contributed by atoms with van der Waals surface area (Å²) in [5, 5.41) is 15.3. The number of nitrogens with one attached hydrogen (secondary N) is 1. The minimum Gasteiger partial charge on any atom is -0.461 e. The SMILES string of the molecule is CCCCCC(CC(=O)C(N)C(C)C)C(=O)N1CCCC1C(=O)N1CCCC1C(=O)CC(CCCN/C(N)=N\[N+](=O)[O-])C(=O)OCc1ccccc1. The van der Waals surface area contributed by atoms with Crippen LogP contribution in [-0.2, 0) is 35.3 Å². The van der Waals surface area contributed by atoms with Gasteiger partial charge in [-0.25, -0.2) is 10.1 Å². The Balaban J connectivity index is 1.71. The fourth-order valence-electron chi connectivity index (χ4n) is 7.00. The molecule has 1 aromatic carbocycles. The Kier molecular flexibility index (Phi) is 17.1. The minimum atomic E-state index is -0.920. The maximum absolute atomic E-state index is 14.1. The summed E-state index contributed by atoms with van der Waals surface area (Å²) in [6.45, 7) is 6.78. The van der Waals surface area contributed by atoms with Gasteiger partial charge in [0.1, 0.15) is 17.8 Å². The third-order valence-electron chi connectivity index (χ3n) is 10.0. The average Bonchev–Trinajstić information content (AvgIpc) is 3.82. The van der Waals surface area contributed by atoms with Crippen LogP contribution in [0.2, 0.25) is 0 Å². The largest absolute Gasteiger partial charge is 0.461 e. The van der Waals surface area contributed by atoms with Crippen molar-refractivity contribution >= 4 is 35.3 Å². The molecule has 1 aromatic rings. The number of guanidine groups is 1. The van der Waals surface area contributed by atoms with E-state index in [1.807, 2.05) is 44.2 Å². The molecule has 2 fully saturated rings. The van der Waals surface area contributed by atoms with Gasteiger partial charge < -0.3 is 31.3 Å². The Morgan fingerprint density at radius 1 is 0.962 bits per heavy atom. The standard InChI is InChI=1S/C37H57N7O8/c1-4-5-7-15-27(22-32(46)33(38)25(2)3)34(47)43-21-12-18-30(43)35(48)42-20-11-17-29(42)31(45)23-28(16-10-19-40-37(39)41-44(50)51)36(49)52-24-26-13-8-6-9-14-26/h6,8-9,13-14,25,27-30,33H,4-5,7,10-12,15-24,38H2,1-3H3,(H3,39,40,41). The van der Waals surface area contributed by atoms with Gasteiger partial charge in [-0.2, -0.15) is 0 Å². The van der Waals surface area contributed by atoms with Crippen molar-refractivity contribution in [2.75, 3.05) is 19.6 Å². The van der Waals surface area contributed by atoms with Crippen molar-refractivity contribution in [2.24, 2.45) is 34.3 Å². The van der Waals surface area contributed by atoms with Crippen molar-refractivity contribution in [1.29, 1.82) is 0 Å². The van der Waals surface area contributed by atoms with E-state index in [-0.39, 0.29) is 67.7 Å². The highest BCUT2D eigenvalue weighted by atomic mass is 16.7. The number of esters is 1. The van der Waals surface area contributed by atoms with Gasteiger partial charge in [-0.1, -0.05) is 70.4 Å². The smallest absolute Gasteiger partial charge is 0.309 e. The highest BCUT2D eigenvalue weighted by molar-refractivity contribution is 5.96. The monoisotopic (exact) mass is 727 g/mol. The summed E-state index contributed by atoms with van der Waals surface area (Å²) in [6.07, 6.45) is 5.80. The van der Waals surface area contributed by atoms with E-state index in [0.29, 0.717) is 51.6 Å². The first kappa shape index (κ1) is 42.0. The highest BCUT2D eigenvalue weighted by Crippen LogP contribution is 2.30. The molecule has 5 atom stereocenters. The van der Waals surface area contributed by atoms with E-state index in [9.17, 15) is 34.1 Å². The lowest BCUT2D eigenvalue weighted by atomic mass is 9.89. The summed E-state index contributed by atoms with van der Waals surface area (Å²) < 4.78 is 5.59. The molecular formula is C37H57N7O8. The molecule has 15 heteroatoms. The number of ether oxygens (including phenoxy) is 1. The molecule has 0 saturated carbocycles. The molecule has 2 heterocycles.